The molecule has 0 saturated heterocycles. The first-order valence-electron chi connectivity index (χ1n) is 7.61. The van der Waals surface area contributed by atoms with Crippen molar-refractivity contribution in [2.45, 2.75) is 72.6 Å². The maximum absolute atomic E-state index is 7.88. The van der Waals surface area contributed by atoms with Gasteiger partial charge in [-0.15, -0.1) is 0 Å². The molecule has 0 bridgehead atoms. The summed E-state index contributed by atoms with van der Waals surface area (Å²) in [5, 5.41) is 20.0. The number of rotatable bonds is 11. The van der Waals surface area contributed by atoms with E-state index in [1.807, 2.05) is 10.8 Å². The monoisotopic (exact) mass is 421 g/mol. The smallest absolute Gasteiger partial charge is 0.134 e. The third kappa shape index (κ3) is 20.8. The van der Waals surface area contributed by atoms with E-state index in [4.69, 9.17) is 10.5 Å². The number of unbranched alkanes of at least 4 members (excludes halogenated alkanes) is 3. The maximum Gasteiger partial charge on any atom is 0.134 e. The van der Waals surface area contributed by atoms with Gasteiger partial charge in [-0.1, -0.05) is 0 Å². The topological polar surface area (TPSA) is 47.6 Å². The molecule has 0 spiro atoms. The van der Waals surface area contributed by atoms with Crippen LogP contribution in [0.25, 0.3) is 0 Å². The minimum absolute atomic E-state index is 0.549. The van der Waals surface area contributed by atoms with Crippen LogP contribution in [-0.2, 0) is 0 Å². The number of thioether (sulfide) groups is 2. The van der Waals surface area contributed by atoms with Gasteiger partial charge in [0.25, 0.3) is 0 Å². The van der Waals surface area contributed by atoms with Gasteiger partial charge in [-0.05, 0) is 23.5 Å². The molecule has 0 N–H and O–H groups in total. The van der Waals surface area contributed by atoms with E-state index < -0.39 is 19.8 Å². The molecule has 115 valence electrons. The molecule has 0 aromatic rings. The number of hydrogen-bond acceptors (Lipinski definition) is 4. The van der Waals surface area contributed by atoms with Crippen molar-refractivity contribution in [1.29, 1.82) is 10.5 Å². The zero-order valence-corrected chi connectivity index (χ0v) is 17.8. The van der Waals surface area contributed by atoms with E-state index in [0.717, 1.165) is 23.5 Å². The van der Waals surface area contributed by atoms with Crippen molar-refractivity contribution in [1.82, 2.24) is 0 Å². The Hall–Kier alpha value is 0.479. The van der Waals surface area contributed by atoms with Crippen LogP contribution in [0.15, 0.2) is 0 Å². The summed E-state index contributed by atoms with van der Waals surface area (Å²) in [6, 6.07) is 0. The fourth-order valence-corrected chi connectivity index (χ4v) is 11.8. The quantitative estimate of drug-likeness (QED) is 0.172. The number of thiocyanates is 2. The van der Waals surface area contributed by atoms with Crippen LogP contribution in [0, 0.1) is 21.3 Å². The molecule has 0 aliphatic carbocycles. The van der Waals surface area contributed by atoms with E-state index in [1.54, 1.807) is 13.3 Å². The molecule has 1 radical (unpaired) electrons. The van der Waals surface area contributed by atoms with Crippen LogP contribution >= 0.6 is 23.5 Å². The van der Waals surface area contributed by atoms with E-state index in [9.17, 15) is 0 Å². The second-order valence-corrected chi connectivity index (χ2v) is 15.1. The second kappa shape index (κ2) is 21.8. The molecule has 0 heterocycles. The molecular formula is C15H29N2S2Sn. The van der Waals surface area contributed by atoms with Gasteiger partial charge < -0.3 is 0 Å². The average Bonchev–Trinajstić information content (AvgIpc) is 2.48. The number of nitrogens with zero attached hydrogens (tertiary/aromatic N) is 2. The molecule has 0 aliphatic rings. The first-order valence-corrected chi connectivity index (χ1v) is 15.6. The van der Waals surface area contributed by atoms with Crippen LogP contribution in [-0.4, -0.2) is 24.8 Å². The van der Waals surface area contributed by atoms with Gasteiger partial charge in [-0.25, -0.2) is 0 Å². The predicted octanol–water partition coefficient (Wildman–Crippen LogP) is 6.25. The van der Waals surface area contributed by atoms with Crippen LogP contribution in [0.5, 0.6) is 0 Å². The molecule has 0 aliphatic heterocycles. The largest absolute Gasteiger partial charge is 0.185 e. The Bertz CT molecular complexity index is 229. The summed E-state index contributed by atoms with van der Waals surface area (Å²) >= 11 is 1.32. The molecule has 0 saturated carbocycles. The summed E-state index contributed by atoms with van der Waals surface area (Å²) in [7, 11) is 0. The van der Waals surface area contributed by atoms with Gasteiger partial charge >= 0.3 is 92.4 Å². The summed E-state index contributed by atoms with van der Waals surface area (Å²) in [5.41, 5.74) is 0. The van der Waals surface area contributed by atoms with Crippen LogP contribution in [0.4, 0.5) is 0 Å². The second-order valence-electron chi connectivity index (χ2n) is 4.65. The molecule has 0 rings (SSSR count). The standard InChI is InChI=1S/3C4H9.C3H2N2S2.Sn/c3*1-3-4-2;4-1-6-3-7-2-5;/h3*1,3-4H2,2H3;3H2;. The predicted molar refractivity (Wildman–Crippen MR) is 96.2 cm³/mol. The van der Waals surface area contributed by atoms with E-state index >= 15 is 0 Å². The fraction of sp³-hybridized carbons (Fsp3) is 0.867. The molecular weight excluding hydrogens is 391 g/mol. The van der Waals surface area contributed by atoms with Gasteiger partial charge in [0, 0.05) is 0 Å². The van der Waals surface area contributed by atoms with Crippen LogP contribution < -0.4 is 0 Å². The van der Waals surface area contributed by atoms with Crippen molar-refractivity contribution >= 4 is 43.3 Å². The minimum atomic E-state index is -0.839. The first kappa shape index (κ1) is 22.8. The Morgan fingerprint density at radius 1 is 0.750 bits per heavy atom. The summed E-state index contributed by atoms with van der Waals surface area (Å²) in [6.07, 6.45) is 8.85. The van der Waals surface area contributed by atoms with Crippen LogP contribution in [0.1, 0.15) is 59.3 Å². The molecule has 0 unspecified atom stereocenters. The Labute approximate surface area is 141 Å². The Balaban J connectivity index is 0. The Morgan fingerprint density at radius 2 is 1.10 bits per heavy atom. The molecule has 0 fully saturated rings. The minimum Gasteiger partial charge on any atom is -0.185 e. The van der Waals surface area contributed by atoms with E-state index in [1.165, 1.54) is 38.5 Å². The van der Waals surface area contributed by atoms with Crippen LogP contribution in [0.3, 0.4) is 0 Å². The van der Waals surface area contributed by atoms with Gasteiger partial charge in [0.2, 0.25) is 0 Å². The molecule has 0 aromatic carbocycles. The fourth-order valence-electron chi connectivity index (χ4n) is 1.74. The molecule has 5 heteroatoms. The normalized spacial score (nSPS) is 9.50. The van der Waals surface area contributed by atoms with Crippen LogP contribution in [0.2, 0.25) is 13.3 Å². The summed E-state index contributed by atoms with van der Waals surface area (Å²) in [6.45, 7) is 7.00. The van der Waals surface area contributed by atoms with Gasteiger partial charge in [-0.2, -0.15) is 10.5 Å². The Kier molecular flexibility index (Phi) is 24.8. The third-order valence-corrected chi connectivity index (χ3v) is 13.2. The molecule has 0 aromatic heterocycles. The Morgan fingerprint density at radius 3 is 1.35 bits per heavy atom. The van der Waals surface area contributed by atoms with Crippen molar-refractivity contribution < 1.29 is 0 Å². The SMILES string of the molecule is CCC[CH2][Sn]([CH2]CCC)[CH2]CCC.N#CSCSC#N. The van der Waals surface area contributed by atoms with Gasteiger partial charge in [0.15, 0.2) is 0 Å². The molecule has 0 atom stereocenters. The molecule has 20 heavy (non-hydrogen) atoms. The van der Waals surface area contributed by atoms with Crippen molar-refractivity contribution in [3.8, 4) is 10.8 Å². The van der Waals surface area contributed by atoms with Crippen molar-refractivity contribution in [2.24, 2.45) is 0 Å². The summed E-state index contributed by atoms with van der Waals surface area (Å²) in [5.74, 6) is 0. The number of hydrogen-bond donors (Lipinski definition) is 0. The number of nitriles is 2. The van der Waals surface area contributed by atoms with Crippen molar-refractivity contribution in [3.05, 3.63) is 0 Å². The summed E-state index contributed by atoms with van der Waals surface area (Å²) in [4.78, 5) is 0. The van der Waals surface area contributed by atoms with Crippen molar-refractivity contribution in [3.63, 3.8) is 0 Å². The first-order chi connectivity index (χ1) is 9.76. The van der Waals surface area contributed by atoms with E-state index in [0.29, 0.717) is 5.08 Å². The zero-order valence-electron chi connectivity index (χ0n) is 13.3. The maximum atomic E-state index is 7.88. The van der Waals surface area contributed by atoms with Gasteiger partial charge in [0.05, 0.1) is 5.08 Å². The van der Waals surface area contributed by atoms with E-state index in [2.05, 4.69) is 20.8 Å². The van der Waals surface area contributed by atoms with Gasteiger partial charge in [0.1, 0.15) is 10.8 Å². The molecule has 0 amide bonds. The zero-order chi connectivity index (χ0) is 15.5. The third-order valence-electron chi connectivity index (χ3n) is 2.90. The average molecular weight is 420 g/mol. The molecule has 2 nitrogen and oxygen atoms in total. The van der Waals surface area contributed by atoms with Gasteiger partial charge in [-0.3, -0.25) is 0 Å². The summed E-state index contributed by atoms with van der Waals surface area (Å²) < 4.78 is 5.04. The van der Waals surface area contributed by atoms with Crippen molar-refractivity contribution in [2.75, 3.05) is 5.08 Å². The van der Waals surface area contributed by atoms with E-state index in [-0.39, 0.29) is 0 Å².